The maximum Gasteiger partial charge on any atom is 0.412 e. The molecule has 23 heavy (non-hydrogen) atoms. The Bertz CT molecular complexity index is 558. The Morgan fingerprint density at radius 1 is 1.26 bits per heavy atom. The summed E-state index contributed by atoms with van der Waals surface area (Å²) in [5.74, 6) is 0.769. The number of hydrogen-bond donors (Lipinski definition) is 2. The third kappa shape index (κ3) is 5.43. The van der Waals surface area contributed by atoms with Crippen LogP contribution in [-0.4, -0.2) is 30.4 Å². The molecule has 1 amide bonds. The largest absolute Gasteiger partial charge is 0.487 e. The molecule has 1 fully saturated rings. The van der Waals surface area contributed by atoms with Crippen LogP contribution in [0.15, 0.2) is 18.2 Å². The number of hydrogen-bond acceptors (Lipinski definition) is 4. The fraction of sp³-hybridized carbons (Fsp3) is 0.611. The van der Waals surface area contributed by atoms with Crippen molar-refractivity contribution >= 4 is 11.8 Å². The molecule has 2 rings (SSSR count). The molecule has 0 spiro atoms. The number of anilines is 1. The summed E-state index contributed by atoms with van der Waals surface area (Å²) in [6.45, 7) is 11.5. The SMILES string of the molecule is Cc1ccc(OC2(C)CCNCC2)cc1NC(=O)OC(C)(C)C. The molecule has 1 aliphatic rings. The summed E-state index contributed by atoms with van der Waals surface area (Å²) >= 11 is 0. The van der Waals surface area contributed by atoms with E-state index in [1.807, 2.05) is 45.9 Å². The van der Waals surface area contributed by atoms with Crippen LogP contribution in [0.4, 0.5) is 10.5 Å². The van der Waals surface area contributed by atoms with E-state index in [-0.39, 0.29) is 5.60 Å². The standard InChI is InChI=1S/C18H28N2O3/c1-13-6-7-14(22-18(5)8-10-19-11-9-18)12-15(13)20-16(21)23-17(2,3)4/h6-7,12,19H,8-11H2,1-5H3,(H,20,21). The van der Waals surface area contributed by atoms with E-state index >= 15 is 0 Å². The first-order chi connectivity index (χ1) is 10.7. The first-order valence-electron chi connectivity index (χ1n) is 8.17. The number of aryl methyl sites for hydroxylation is 1. The lowest BCUT2D eigenvalue weighted by atomic mass is 9.94. The predicted octanol–water partition coefficient (Wildman–Crippen LogP) is 3.86. The van der Waals surface area contributed by atoms with Crippen LogP contribution >= 0.6 is 0 Å². The minimum atomic E-state index is -0.519. The molecule has 0 aromatic heterocycles. The number of carbonyl (C=O) groups is 1. The highest BCUT2D eigenvalue weighted by Gasteiger charge is 2.28. The van der Waals surface area contributed by atoms with Gasteiger partial charge in [-0.15, -0.1) is 0 Å². The van der Waals surface area contributed by atoms with E-state index in [2.05, 4.69) is 17.6 Å². The second-order valence-corrected chi connectivity index (χ2v) is 7.41. The first kappa shape index (κ1) is 17.6. The number of nitrogens with one attached hydrogen (secondary N) is 2. The van der Waals surface area contributed by atoms with Crippen molar-refractivity contribution in [1.82, 2.24) is 5.32 Å². The van der Waals surface area contributed by atoms with Crippen molar-refractivity contribution in [2.75, 3.05) is 18.4 Å². The molecule has 0 unspecified atom stereocenters. The van der Waals surface area contributed by atoms with Crippen molar-refractivity contribution in [3.8, 4) is 5.75 Å². The minimum absolute atomic E-state index is 0.163. The first-order valence-corrected chi connectivity index (χ1v) is 8.17. The van der Waals surface area contributed by atoms with E-state index in [9.17, 15) is 4.79 Å². The van der Waals surface area contributed by atoms with E-state index in [4.69, 9.17) is 9.47 Å². The van der Waals surface area contributed by atoms with Crippen LogP contribution in [-0.2, 0) is 4.74 Å². The van der Waals surface area contributed by atoms with Crippen LogP contribution in [0.3, 0.4) is 0 Å². The number of amides is 1. The molecular formula is C18H28N2O3. The fourth-order valence-electron chi connectivity index (χ4n) is 2.56. The van der Waals surface area contributed by atoms with Gasteiger partial charge in [-0.3, -0.25) is 5.32 Å². The van der Waals surface area contributed by atoms with Crippen LogP contribution in [0.2, 0.25) is 0 Å². The van der Waals surface area contributed by atoms with Crippen molar-refractivity contribution in [2.24, 2.45) is 0 Å². The zero-order valence-electron chi connectivity index (χ0n) is 14.8. The van der Waals surface area contributed by atoms with Crippen molar-refractivity contribution in [3.63, 3.8) is 0 Å². The average molecular weight is 320 g/mol. The highest BCUT2D eigenvalue weighted by molar-refractivity contribution is 5.86. The molecule has 2 N–H and O–H groups in total. The normalized spacial score (nSPS) is 17.4. The van der Waals surface area contributed by atoms with Gasteiger partial charge in [0.15, 0.2) is 0 Å². The Morgan fingerprint density at radius 2 is 1.91 bits per heavy atom. The molecule has 0 bridgehead atoms. The molecule has 5 nitrogen and oxygen atoms in total. The summed E-state index contributed by atoms with van der Waals surface area (Å²) in [4.78, 5) is 12.0. The number of benzene rings is 1. The second-order valence-electron chi connectivity index (χ2n) is 7.41. The lowest BCUT2D eigenvalue weighted by molar-refractivity contribution is 0.0556. The molecule has 128 valence electrons. The van der Waals surface area contributed by atoms with Crippen LogP contribution in [0.25, 0.3) is 0 Å². The van der Waals surface area contributed by atoms with E-state index in [0.29, 0.717) is 5.69 Å². The fourth-order valence-corrected chi connectivity index (χ4v) is 2.56. The van der Waals surface area contributed by atoms with Crippen molar-refractivity contribution in [2.45, 2.75) is 58.7 Å². The number of carbonyl (C=O) groups excluding carboxylic acids is 1. The zero-order valence-corrected chi connectivity index (χ0v) is 14.8. The molecule has 0 radical (unpaired) electrons. The Hall–Kier alpha value is -1.75. The predicted molar refractivity (Wildman–Crippen MR) is 92.2 cm³/mol. The van der Waals surface area contributed by atoms with E-state index in [1.165, 1.54) is 0 Å². The highest BCUT2D eigenvalue weighted by atomic mass is 16.6. The molecule has 0 saturated carbocycles. The second kappa shape index (κ2) is 6.79. The van der Waals surface area contributed by atoms with Crippen LogP contribution in [0, 0.1) is 6.92 Å². The molecular weight excluding hydrogens is 292 g/mol. The van der Waals surface area contributed by atoms with Crippen molar-refractivity contribution < 1.29 is 14.3 Å². The summed E-state index contributed by atoms with van der Waals surface area (Å²) in [5.41, 5.74) is 1.01. The summed E-state index contributed by atoms with van der Waals surface area (Å²) in [5, 5.41) is 6.14. The van der Waals surface area contributed by atoms with Gasteiger partial charge in [-0.1, -0.05) is 6.07 Å². The number of ether oxygens (including phenoxy) is 2. The Labute approximate surface area is 138 Å². The molecule has 1 aromatic rings. The summed E-state index contributed by atoms with van der Waals surface area (Å²) < 4.78 is 11.5. The van der Waals surface area contributed by atoms with Gasteiger partial charge in [-0.2, -0.15) is 0 Å². The lowest BCUT2D eigenvalue weighted by Crippen LogP contribution is -2.43. The van der Waals surface area contributed by atoms with Gasteiger partial charge >= 0.3 is 6.09 Å². The maximum atomic E-state index is 12.0. The number of piperidine rings is 1. The van der Waals surface area contributed by atoms with Gasteiger partial charge in [0.05, 0.1) is 5.69 Å². The molecule has 1 aliphatic heterocycles. The van der Waals surface area contributed by atoms with Gasteiger partial charge in [0, 0.05) is 6.07 Å². The summed E-state index contributed by atoms with van der Waals surface area (Å²) in [7, 11) is 0. The molecule has 1 heterocycles. The zero-order chi connectivity index (χ0) is 17.1. The van der Waals surface area contributed by atoms with Gasteiger partial charge in [0.25, 0.3) is 0 Å². The minimum Gasteiger partial charge on any atom is -0.487 e. The van der Waals surface area contributed by atoms with E-state index in [1.54, 1.807) is 0 Å². The lowest BCUT2D eigenvalue weighted by Gasteiger charge is -2.34. The van der Waals surface area contributed by atoms with Gasteiger partial charge in [0.2, 0.25) is 0 Å². The van der Waals surface area contributed by atoms with E-state index < -0.39 is 11.7 Å². The monoisotopic (exact) mass is 320 g/mol. The van der Waals surface area contributed by atoms with Crippen molar-refractivity contribution in [3.05, 3.63) is 23.8 Å². The summed E-state index contributed by atoms with van der Waals surface area (Å²) in [6.07, 6.45) is 1.48. The average Bonchev–Trinajstić information content (AvgIpc) is 2.41. The Kier molecular flexibility index (Phi) is 5.19. The summed E-state index contributed by atoms with van der Waals surface area (Å²) in [6, 6.07) is 5.77. The molecule has 5 heteroatoms. The molecule has 0 atom stereocenters. The van der Waals surface area contributed by atoms with E-state index in [0.717, 1.165) is 37.2 Å². The molecule has 1 saturated heterocycles. The van der Waals surface area contributed by atoms with Gasteiger partial charge in [0.1, 0.15) is 17.0 Å². The highest BCUT2D eigenvalue weighted by Crippen LogP contribution is 2.29. The Balaban J connectivity index is 2.08. The third-order valence-electron chi connectivity index (χ3n) is 3.87. The maximum absolute atomic E-state index is 12.0. The topological polar surface area (TPSA) is 59.6 Å². The third-order valence-corrected chi connectivity index (χ3v) is 3.87. The Morgan fingerprint density at radius 3 is 2.52 bits per heavy atom. The van der Waals surface area contributed by atoms with Crippen LogP contribution in [0.1, 0.15) is 46.1 Å². The number of rotatable bonds is 3. The van der Waals surface area contributed by atoms with Crippen molar-refractivity contribution in [1.29, 1.82) is 0 Å². The van der Waals surface area contributed by atoms with Gasteiger partial charge < -0.3 is 14.8 Å². The smallest absolute Gasteiger partial charge is 0.412 e. The quantitative estimate of drug-likeness (QED) is 0.888. The van der Waals surface area contributed by atoms with Gasteiger partial charge in [-0.25, -0.2) is 4.79 Å². The van der Waals surface area contributed by atoms with Gasteiger partial charge in [-0.05, 0) is 72.2 Å². The van der Waals surface area contributed by atoms with Crippen LogP contribution in [0.5, 0.6) is 5.75 Å². The molecule has 1 aromatic carbocycles. The molecule has 0 aliphatic carbocycles. The van der Waals surface area contributed by atoms with Crippen LogP contribution < -0.4 is 15.4 Å².